The topological polar surface area (TPSA) is 32.8 Å². The molecule has 0 spiro atoms. The van der Waals surface area contributed by atoms with Crippen LogP contribution in [0.1, 0.15) is 18.4 Å². The van der Waals surface area contributed by atoms with E-state index in [1.807, 2.05) is 24.1 Å². The smallest absolute Gasteiger partial charge is 0.324 e. The van der Waals surface area contributed by atoms with Crippen LogP contribution in [-0.2, 0) is 11.3 Å². The number of nitrogens with zero attached hydrogens (tertiary/aromatic N) is 2. The largest absolute Gasteiger partial charge is 0.381 e. The summed E-state index contributed by atoms with van der Waals surface area (Å²) in [6.45, 7) is 3.01. The van der Waals surface area contributed by atoms with E-state index in [1.165, 1.54) is 5.56 Å². The fourth-order valence-electron chi connectivity index (χ4n) is 3.17. The van der Waals surface area contributed by atoms with E-state index in [1.54, 1.807) is 4.90 Å². The minimum Gasteiger partial charge on any atom is -0.381 e. The number of hydrogen-bond acceptors (Lipinski definition) is 2. The van der Waals surface area contributed by atoms with Crippen LogP contribution in [0.5, 0.6) is 0 Å². The summed E-state index contributed by atoms with van der Waals surface area (Å²) in [7, 11) is 1.87. The first-order valence-corrected chi connectivity index (χ1v) is 8.52. The second-order valence-electron chi connectivity index (χ2n) is 6.10. The van der Waals surface area contributed by atoms with E-state index in [2.05, 4.69) is 28.1 Å². The minimum absolute atomic E-state index is 0.0977. The molecule has 2 amide bonds. The van der Waals surface area contributed by atoms with Crippen molar-refractivity contribution >= 4 is 27.6 Å². The molecule has 4 nitrogen and oxygen atoms in total. The molecule has 0 N–H and O–H groups in total. The van der Waals surface area contributed by atoms with E-state index in [4.69, 9.17) is 4.74 Å². The van der Waals surface area contributed by atoms with Crippen molar-refractivity contribution in [2.24, 2.45) is 5.41 Å². The lowest BCUT2D eigenvalue weighted by molar-refractivity contribution is 0.0301. The molecule has 0 aliphatic carbocycles. The Morgan fingerprint density at radius 3 is 2.71 bits per heavy atom. The molecule has 1 aromatic carbocycles. The van der Waals surface area contributed by atoms with E-state index in [0.29, 0.717) is 6.54 Å². The van der Waals surface area contributed by atoms with Gasteiger partial charge in [-0.1, -0.05) is 34.1 Å². The van der Waals surface area contributed by atoms with Gasteiger partial charge in [-0.2, -0.15) is 0 Å². The number of carbonyl (C=O) groups excluding carboxylic acids is 1. The highest BCUT2D eigenvalue weighted by Crippen LogP contribution is 2.37. The maximum atomic E-state index is 12.6. The molecule has 0 atom stereocenters. The Balaban J connectivity index is 1.91. The van der Waals surface area contributed by atoms with Crippen molar-refractivity contribution in [1.29, 1.82) is 0 Å². The summed E-state index contributed by atoms with van der Waals surface area (Å²) in [5.41, 5.74) is 2.39. The summed E-state index contributed by atoms with van der Waals surface area (Å²) in [4.78, 5) is 16.4. The first kappa shape index (κ1) is 14.9. The van der Waals surface area contributed by atoms with Crippen molar-refractivity contribution in [2.45, 2.75) is 19.4 Å². The first-order valence-electron chi connectivity index (χ1n) is 7.39. The molecule has 0 unspecified atom stereocenters. The van der Waals surface area contributed by atoms with Crippen LogP contribution in [0.15, 0.2) is 24.3 Å². The maximum Gasteiger partial charge on any atom is 0.324 e. The van der Waals surface area contributed by atoms with Crippen molar-refractivity contribution in [3.05, 3.63) is 29.8 Å². The lowest BCUT2D eigenvalue weighted by atomic mass is 9.81. The Labute approximate surface area is 134 Å². The van der Waals surface area contributed by atoms with E-state index in [-0.39, 0.29) is 11.4 Å². The highest BCUT2D eigenvalue weighted by Gasteiger charge is 2.38. The van der Waals surface area contributed by atoms with Gasteiger partial charge in [-0.05, 0) is 24.5 Å². The predicted octanol–water partition coefficient (Wildman–Crippen LogP) is 3.25. The van der Waals surface area contributed by atoms with Crippen LogP contribution in [0.25, 0.3) is 0 Å². The van der Waals surface area contributed by atoms with Crippen LogP contribution in [-0.4, -0.2) is 43.1 Å². The van der Waals surface area contributed by atoms with Gasteiger partial charge in [0.05, 0.1) is 5.69 Å². The summed E-state index contributed by atoms with van der Waals surface area (Å²) in [6.07, 6.45) is 1.99. The zero-order valence-corrected chi connectivity index (χ0v) is 13.9. The van der Waals surface area contributed by atoms with E-state index in [9.17, 15) is 4.79 Å². The molecule has 21 heavy (non-hydrogen) atoms. The fraction of sp³-hybridized carbons (Fsp3) is 0.562. The van der Waals surface area contributed by atoms with Gasteiger partial charge < -0.3 is 9.64 Å². The molecule has 0 saturated carbocycles. The van der Waals surface area contributed by atoms with Crippen molar-refractivity contribution in [3.63, 3.8) is 0 Å². The van der Waals surface area contributed by atoms with Gasteiger partial charge in [0.2, 0.25) is 0 Å². The van der Waals surface area contributed by atoms with Gasteiger partial charge in [-0.3, -0.25) is 4.90 Å². The monoisotopic (exact) mass is 352 g/mol. The third-order valence-electron chi connectivity index (χ3n) is 4.58. The van der Waals surface area contributed by atoms with Crippen LogP contribution in [0.4, 0.5) is 10.5 Å². The summed E-state index contributed by atoms with van der Waals surface area (Å²) in [5.74, 6) is 0. The third kappa shape index (κ3) is 2.81. The number of rotatable bonds is 3. The molecule has 1 fully saturated rings. The number of para-hydroxylation sites is 1. The zero-order valence-electron chi connectivity index (χ0n) is 12.3. The van der Waals surface area contributed by atoms with Crippen LogP contribution in [0.3, 0.4) is 0 Å². The number of ether oxygens (including phenoxy) is 1. The van der Waals surface area contributed by atoms with Crippen LogP contribution in [0, 0.1) is 5.41 Å². The van der Waals surface area contributed by atoms with Gasteiger partial charge in [-0.25, -0.2) is 4.79 Å². The average molecular weight is 353 g/mol. The molecule has 2 aliphatic heterocycles. The summed E-state index contributed by atoms with van der Waals surface area (Å²) in [6, 6.07) is 8.31. The third-order valence-corrected chi connectivity index (χ3v) is 5.77. The first-order chi connectivity index (χ1) is 10.2. The molecule has 1 saturated heterocycles. The molecule has 114 valence electrons. The zero-order chi connectivity index (χ0) is 14.9. The standard InChI is InChI=1S/C16H21BrN2O2/c1-18-10-13-4-2-3-5-14(13)19(15(18)20)12-16(11-17)6-8-21-9-7-16/h2-5H,6-12H2,1H3. The highest BCUT2D eigenvalue weighted by atomic mass is 79.9. The summed E-state index contributed by atoms with van der Waals surface area (Å²) < 4.78 is 5.50. The van der Waals surface area contributed by atoms with Gasteiger partial charge in [0.1, 0.15) is 0 Å². The Morgan fingerprint density at radius 1 is 1.29 bits per heavy atom. The van der Waals surface area contributed by atoms with Crippen molar-refractivity contribution < 1.29 is 9.53 Å². The lowest BCUT2D eigenvalue weighted by Gasteiger charge is -2.43. The lowest BCUT2D eigenvalue weighted by Crippen LogP contribution is -2.51. The van der Waals surface area contributed by atoms with E-state index >= 15 is 0 Å². The maximum absolute atomic E-state index is 12.6. The molecular formula is C16H21BrN2O2. The molecule has 3 rings (SSSR count). The van der Waals surface area contributed by atoms with E-state index < -0.39 is 0 Å². The molecule has 5 heteroatoms. The molecule has 0 bridgehead atoms. The van der Waals surface area contributed by atoms with E-state index in [0.717, 1.165) is 43.6 Å². The van der Waals surface area contributed by atoms with Crippen molar-refractivity contribution in [2.75, 3.05) is 37.0 Å². The predicted molar refractivity (Wildman–Crippen MR) is 86.9 cm³/mol. The van der Waals surface area contributed by atoms with Crippen molar-refractivity contribution in [3.8, 4) is 0 Å². The quantitative estimate of drug-likeness (QED) is 0.782. The SMILES string of the molecule is CN1Cc2ccccc2N(CC2(CBr)CCOCC2)C1=O. The number of halogens is 1. The van der Waals surface area contributed by atoms with Crippen LogP contribution >= 0.6 is 15.9 Å². The highest BCUT2D eigenvalue weighted by molar-refractivity contribution is 9.09. The molecule has 0 aromatic heterocycles. The Kier molecular flexibility index (Phi) is 4.22. The molecule has 1 aromatic rings. The van der Waals surface area contributed by atoms with Crippen molar-refractivity contribution in [1.82, 2.24) is 4.90 Å². The van der Waals surface area contributed by atoms with Gasteiger partial charge >= 0.3 is 6.03 Å². The second kappa shape index (κ2) is 5.97. The molecule has 2 aliphatic rings. The van der Waals surface area contributed by atoms with Crippen LogP contribution < -0.4 is 4.90 Å². The number of amides is 2. The normalized spacial score (nSPS) is 21.3. The Bertz CT molecular complexity index is 529. The molecule has 2 heterocycles. The number of alkyl halides is 1. The average Bonchev–Trinajstić information content (AvgIpc) is 2.53. The number of carbonyl (C=O) groups is 1. The number of urea groups is 1. The Morgan fingerprint density at radius 2 is 2.00 bits per heavy atom. The second-order valence-corrected chi connectivity index (χ2v) is 6.66. The van der Waals surface area contributed by atoms with Gasteiger partial charge in [0.15, 0.2) is 0 Å². The number of anilines is 1. The molecular weight excluding hydrogens is 332 g/mol. The molecule has 0 radical (unpaired) electrons. The fourth-order valence-corrected chi connectivity index (χ4v) is 3.90. The van der Waals surface area contributed by atoms with Gasteiger partial charge in [0, 0.05) is 44.1 Å². The number of benzene rings is 1. The Hall–Kier alpha value is -1.07. The summed E-state index contributed by atoms with van der Waals surface area (Å²) >= 11 is 3.66. The summed E-state index contributed by atoms with van der Waals surface area (Å²) in [5, 5.41) is 0.902. The number of fused-ring (bicyclic) bond motifs is 1. The minimum atomic E-state index is 0.0977. The van der Waals surface area contributed by atoms with Crippen LogP contribution in [0.2, 0.25) is 0 Å². The van der Waals surface area contributed by atoms with Gasteiger partial charge in [0.25, 0.3) is 0 Å². The van der Waals surface area contributed by atoms with Gasteiger partial charge in [-0.15, -0.1) is 0 Å². The number of hydrogen-bond donors (Lipinski definition) is 0.